The quantitative estimate of drug-likeness (QED) is 0.613. The highest BCUT2D eigenvalue weighted by molar-refractivity contribution is 5.68. The first kappa shape index (κ1) is 21.5. The van der Waals surface area contributed by atoms with Gasteiger partial charge in [-0.2, -0.15) is 0 Å². The molecular formula is C27H34N2O2. The normalized spacial score (nSPS) is 19.7. The summed E-state index contributed by atoms with van der Waals surface area (Å²) in [6.07, 6.45) is 2.79. The van der Waals surface area contributed by atoms with Gasteiger partial charge in [-0.3, -0.25) is 0 Å². The molecule has 1 fully saturated rings. The third kappa shape index (κ3) is 4.21. The number of likely N-dealkylation sites (tertiary alicyclic amines) is 1. The van der Waals surface area contributed by atoms with Gasteiger partial charge in [-0.05, 0) is 56.7 Å². The fourth-order valence-electron chi connectivity index (χ4n) is 5.15. The first-order chi connectivity index (χ1) is 14.7. The van der Waals surface area contributed by atoms with E-state index < -0.39 is 5.60 Å². The second-order valence-corrected chi connectivity index (χ2v) is 9.98. The van der Waals surface area contributed by atoms with E-state index in [-0.39, 0.29) is 17.6 Å². The van der Waals surface area contributed by atoms with E-state index in [1.54, 1.807) is 0 Å². The molecule has 0 N–H and O–H groups in total. The Labute approximate surface area is 186 Å². The van der Waals surface area contributed by atoms with Gasteiger partial charge in [0.25, 0.3) is 0 Å². The molecule has 2 aliphatic rings. The Morgan fingerprint density at radius 3 is 2.32 bits per heavy atom. The van der Waals surface area contributed by atoms with E-state index in [1.807, 2.05) is 31.7 Å². The van der Waals surface area contributed by atoms with Crippen molar-refractivity contribution >= 4 is 11.8 Å². The first-order valence-electron chi connectivity index (χ1n) is 11.2. The SMILES string of the molecule is C=C(c1ccccc1)N(C)[C@H]1CC2(CCN(C(=O)OC(C)(C)C)CC2)c2ccccc21. The smallest absolute Gasteiger partial charge is 0.410 e. The zero-order valence-corrected chi connectivity index (χ0v) is 19.2. The molecule has 1 heterocycles. The molecule has 1 aliphatic carbocycles. The third-order valence-corrected chi connectivity index (χ3v) is 6.85. The summed E-state index contributed by atoms with van der Waals surface area (Å²) in [5, 5.41) is 0. The van der Waals surface area contributed by atoms with Gasteiger partial charge in [0.05, 0.1) is 6.04 Å². The summed E-state index contributed by atoms with van der Waals surface area (Å²) in [6, 6.07) is 19.5. The molecule has 2 aromatic carbocycles. The van der Waals surface area contributed by atoms with Crippen LogP contribution in [0.25, 0.3) is 5.70 Å². The summed E-state index contributed by atoms with van der Waals surface area (Å²) >= 11 is 0. The summed E-state index contributed by atoms with van der Waals surface area (Å²) in [5.74, 6) is 0. The number of fused-ring (bicyclic) bond motifs is 2. The van der Waals surface area contributed by atoms with Gasteiger partial charge in [-0.1, -0.05) is 61.2 Å². The Bertz CT molecular complexity index is 953. The number of hydrogen-bond donors (Lipinski definition) is 0. The predicted octanol–water partition coefficient (Wildman–Crippen LogP) is 6.00. The lowest BCUT2D eigenvalue weighted by Gasteiger charge is -2.41. The van der Waals surface area contributed by atoms with Crippen molar-refractivity contribution in [2.45, 2.75) is 57.1 Å². The topological polar surface area (TPSA) is 32.8 Å². The fraction of sp³-hybridized carbons (Fsp3) is 0.444. The number of carbonyl (C=O) groups excluding carboxylic acids is 1. The van der Waals surface area contributed by atoms with Crippen LogP contribution in [0, 0.1) is 0 Å². The van der Waals surface area contributed by atoms with Crippen molar-refractivity contribution in [3.63, 3.8) is 0 Å². The van der Waals surface area contributed by atoms with Crippen LogP contribution in [0.3, 0.4) is 0 Å². The van der Waals surface area contributed by atoms with Crippen molar-refractivity contribution in [2.24, 2.45) is 0 Å². The van der Waals surface area contributed by atoms with Crippen LogP contribution in [-0.2, 0) is 10.2 Å². The van der Waals surface area contributed by atoms with Gasteiger partial charge in [0.1, 0.15) is 5.60 Å². The largest absolute Gasteiger partial charge is 0.444 e. The first-order valence-corrected chi connectivity index (χ1v) is 11.2. The monoisotopic (exact) mass is 418 g/mol. The van der Waals surface area contributed by atoms with Crippen molar-refractivity contribution in [1.82, 2.24) is 9.80 Å². The second kappa shape index (κ2) is 8.07. The highest BCUT2D eigenvalue weighted by atomic mass is 16.6. The molecule has 4 rings (SSSR count). The maximum Gasteiger partial charge on any atom is 0.410 e. The fourth-order valence-corrected chi connectivity index (χ4v) is 5.15. The minimum absolute atomic E-state index is 0.102. The Kier molecular flexibility index (Phi) is 5.59. The number of ether oxygens (including phenoxy) is 1. The average Bonchev–Trinajstić information content (AvgIpc) is 3.07. The number of amides is 1. The minimum Gasteiger partial charge on any atom is -0.444 e. The van der Waals surface area contributed by atoms with Crippen molar-refractivity contribution < 1.29 is 9.53 Å². The molecule has 164 valence electrons. The Morgan fingerprint density at radius 2 is 1.68 bits per heavy atom. The molecule has 4 heteroatoms. The van der Waals surface area contributed by atoms with Crippen molar-refractivity contribution in [3.05, 3.63) is 77.9 Å². The zero-order valence-electron chi connectivity index (χ0n) is 19.2. The summed E-state index contributed by atoms with van der Waals surface area (Å²) in [5.41, 5.74) is 4.68. The van der Waals surface area contributed by atoms with E-state index in [0.717, 1.165) is 43.6 Å². The molecule has 1 amide bonds. The molecular weight excluding hydrogens is 384 g/mol. The van der Waals surface area contributed by atoms with Crippen molar-refractivity contribution in [1.29, 1.82) is 0 Å². The summed E-state index contributed by atoms with van der Waals surface area (Å²) in [4.78, 5) is 16.8. The van der Waals surface area contributed by atoms with Gasteiger partial charge >= 0.3 is 6.09 Å². The molecule has 0 radical (unpaired) electrons. The van der Waals surface area contributed by atoms with Crippen molar-refractivity contribution in [3.8, 4) is 0 Å². The van der Waals surface area contributed by atoms with Gasteiger partial charge in [0, 0.05) is 31.2 Å². The minimum atomic E-state index is -0.461. The number of benzene rings is 2. The molecule has 0 bridgehead atoms. The number of rotatable bonds is 3. The van der Waals surface area contributed by atoms with E-state index in [4.69, 9.17) is 4.74 Å². The van der Waals surface area contributed by atoms with Crippen LogP contribution in [0.2, 0.25) is 0 Å². The van der Waals surface area contributed by atoms with Gasteiger partial charge in [-0.25, -0.2) is 4.79 Å². The van der Waals surface area contributed by atoms with E-state index in [9.17, 15) is 4.79 Å². The number of hydrogen-bond acceptors (Lipinski definition) is 3. The molecule has 0 aromatic heterocycles. The molecule has 1 aliphatic heterocycles. The van der Waals surface area contributed by atoms with E-state index in [1.165, 1.54) is 11.1 Å². The molecule has 2 aromatic rings. The van der Waals surface area contributed by atoms with Gasteiger partial charge < -0.3 is 14.5 Å². The van der Waals surface area contributed by atoms with Crippen LogP contribution in [0.4, 0.5) is 4.79 Å². The highest BCUT2D eigenvalue weighted by Crippen LogP contribution is 2.53. The maximum absolute atomic E-state index is 12.6. The lowest BCUT2D eigenvalue weighted by molar-refractivity contribution is 0.0157. The zero-order chi connectivity index (χ0) is 22.2. The van der Waals surface area contributed by atoms with Crippen LogP contribution >= 0.6 is 0 Å². The third-order valence-electron chi connectivity index (χ3n) is 6.85. The van der Waals surface area contributed by atoms with Crippen LogP contribution in [0.15, 0.2) is 61.2 Å². The maximum atomic E-state index is 12.6. The number of carbonyl (C=O) groups is 1. The van der Waals surface area contributed by atoms with E-state index in [2.05, 4.69) is 67.1 Å². The number of nitrogens with zero attached hydrogens (tertiary/aromatic N) is 2. The number of piperidine rings is 1. The van der Waals surface area contributed by atoms with Gasteiger partial charge in [-0.15, -0.1) is 0 Å². The molecule has 0 saturated carbocycles. The van der Waals surface area contributed by atoms with Crippen LogP contribution in [0.5, 0.6) is 0 Å². The molecule has 1 spiro atoms. The molecule has 1 atom stereocenters. The van der Waals surface area contributed by atoms with Gasteiger partial charge in [0.2, 0.25) is 0 Å². The molecule has 0 unspecified atom stereocenters. The van der Waals surface area contributed by atoms with Crippen LogP contribution < -0.4 is 0 Å². The summed E-state index contributed by atoms with van der Waals surface area (Å²) < 4.78 is 5.60. The van der Waals surface area contributed by atoms with Crippen LogP contribution in [0.1, 0.15) is 62.8 Å². The predicted molar refractivity (Wildman–Crippen MR) is 126 cm³/mol. The summed E-state index contributed by atoms with van der Waals surface area (Å²) in [7, 11) is 2.16. The Hall–Kier alpha value is -2.75. The molecule has 31 heavy (non-hydrogen) atoms. The molecule has 1 saturated heterocycles. The van der Waals surface area contributed by atoms with Crippen LogP contribution in [-0.4, -0.2) is 41.6 Å². The van der Waals surface area contributed by atoms with Crippen molar-refractivity contribution in [2.75, 3.05) is 20.1 Å². The second-order valence-electron chi connectivity index (χ2n) is 9.98. The van der Waals surface area contributed by atoms with Gasteiger partial charge in [0.15, 0.2) is 0 Å². The Balaban J connectivity index is 1.54. The lowest BCUT2D eigenvalue weighted by atomic mass is 9.73. The average molecular weight is 419 g/mol. The standard InChI is InChI=1S/C27H34N2O2/c1-20(21-11-7-6-8-12-21)28(5)24-19-27(23-14-10-9-13-22(23)24)15-17-29(18-16-27)25(30)31-26(2,3)4/h6-14,24H,1,15-19H2,2-5H3/t24-/m0/s1. The Morgan fingerprint density at radius 1 is 1.06 bits per heavy atom. The van der Waals surface area contributed by atoms with E-state index in [0.29, 0.717) is 0 Å². The highest BCUT2D eigenvalue weighted by Gasteiger charge is 2.47. The summed E-state index contributed by atoms with van der Waals surface area (Å²) in [6.45, 7) is 11.6. The molecule has 4 nitrogen and oxygen atoms in total. The lowest BCUT2D eigenvalue weighted by Crippen LogP contribution is -2.46. The van der Waals surface area contributed by atoms with E-state index >= 15 is 0 Å².